The molecule has 11 heavy (non-hydrogen) atoms. The Balaban J connectivity index is 3.23. The minimum absolute atomic E-state index is 0.275. The van der Waals surface area contributed by atoms with Gasteiger partial charge in [0.1, 0.15) is 5.56 Å². The molecule has 0 heterocycles. The first-order valence-corrected chi connectivity index (χ1v) is 4.00. The number of benzene rings is 1. The van der Waals surface area contributed by atoms with Gasteiger partial charge in [0.2, 0.25) is 0 Å². The Hall–Kier alpha value is -0.780. The standard InChI is InChI=1S/C7H6INO2/c8-4-1-2-6(9)5(3-4)7(10)11/h1-3H,9H2,(H,10,11)/p+1. The highest BCUT2D eigenvalue weighted by atomic mass is 127. The average molecular weight is 264 g/mol. The zero-order valence-corrected chi connectivity index (χ0v) is 7.75. The Morgan fingerprint density at radius 1 is 1.55 bits per heavy atom. The van der Waals surface area contributed by atoms with Crippen molar-refractivity contribution in [1.29, 1.82) is 0 Å². The summed E-state index contributed by atoms with van der Waals surface area (Å²) in [7, 11) is 0. The summed E-state index contributed by atoms with van der Waals surface area (Å²) in [5.74, 6) is -0.735. The first-order chi connectivity index (χ1) is 5.11. The van der Waals surface area contributed by atoms with Crippen molar-refractivity contribution in [3.05, 3.63) is 27.3 Å². The Kier molecular flexibility index (Phi) is 2.33. The molecule has 0 radical (unpaired) electrons. The van der Waals surface area contributed by atoms with E-state index in [1.807, 2.05) is 0 Å². The molecule has 0 amide bonds. The zero-order chi connectivity index (χ0) is 8.43. The Labute approximate surface area is 77.4 Å². The second kappa shape index (κ2) is 3.08. The molecule has 58 valence electrons. The van der Waals surface area contributed by atoms with Crippen LogP contribution < -0.4 is 5.73 Å². The second-order valence-electron chi connectivity index (χ2n) is 2.06. The summed E-state index contributed by atoms with van der Waals surface area (Å²) in [6.07, 6.45) is 0. The third kappa shape index (κ3) is 1.83. The van der Waals surface area contributed by atoms with Crippen LogP contribution in [-0.2, 0) is 0 Å². The van der Waals surface area contributed by atoms with E-state index in [1.165, 1.54) is 0 Å². The number of carbonyl (C=O) groups is 1. The van der Waals surface area contributed by atoms with Gasteiger partial charge in [0.05, 0.1) is 5.69 Å². The van der Waals surface area contributed by atoms with Crippen molar-refractivity contribution < 1.29 is 9.90 Å². The smallest absolute Gasteiger partial charge is 0.551 e. The van der Waals surface area contributed by atoms with Crippen LogP contribution in [0, 0.1) is 3.57 Å². The summed E-state index contributed by atoms with van der Waals surface area (Å²) in [6, 6.07) is 5.02. The van der Waals surface area contributed by atoms with Gasteiger partial charge in [-0.25, -0.2) is 0 Å². The fourth-order valence-corrected chi connectivity index (χ4v) is 1.22. The molecule has 0 aliphatic carbocycles. The maximum Gasteiger partial charge on any atom is 0.551 e. The molecule has 0 bridgehead atoms. The van der Waals surface area contributed by atoms with E-state index in [9.17, 15) is 4.79 Å². The van der Waals surface area contributed by atoms with Crippen molar-refractivity contribution in [3.63, 3.8) is 0 Å². The maximum absolute atomic E-state index is 10.6. The predicted octanol–water partition coefficient (Wildman–Crippen LogP) is 0.738. The molecule has 0 saturated carbocycles. The van der Waals surface area contributed by atoms with Gasteiger partial charge in [0.25, 0.3) is 0 Å². The van der Waals surface area contributed by atoms with Gasteiger partial charge >= 0.3 is 5.97 Å². The molecule has 3 nitrogen and oxygen atoms in total. The van der Waals surface area contributed by atoms with Crippen LogP contribution in [0.25, 0.3) is 0 Å². The lowest BCUT2D eigenvalue weighted by Gasteiger charge is -1.95. The number of hydrogen-bond acceptors (Lipinski definition) is 2. The van der Waals surface area contributed by atoms with Gasteiger partial charge in [0.15, 0.2) is 0 Å². The number of anilines is 1. The summed E-state index contributed by atoms with van der Waals surface area (Å²) >= 11 is 2.06. The van der Waals surface area contributed by atoms with Crippen LogP contribution >= 0.6 is 22.6 Å². The molecule has 0 spiro atoms. The number of hydrogen-bond donors (Lipinski definition) is 1. The molecule has 0 aliphatic rings. The van der Waals surface area contributed by atoms with E-state index >= 15 is 0 Å². The normalized spacial score (nSPS) is 9.55. The van der Waals surface area contributed by atoms with Gasteiger partial charge in [-0.15, -0.1) is 0 Å². The van der Waals surface area contributed by atoms with Gasteiger partial charge in [0, 0.05) is 8.36 Å². The number of carbonyl (C=O) groups excluding carboxylic acids is 1. The lowest BCUT2D eigenvalue weighted by Crippen LogP contribution is -2.02. The molecule has 4 N–H and O–H groups in total. The molecular formula is C7H7INO2+. The summed E-state index contributed by atoms with van der Waals surface area (Å²) in [6.45, 7) is 0. The van der Waals surface area contributed by atoms with E-state index in [-0.39, 0.29) is 5.56 Å². The number of nitrogens with two attached hydrogens (primary N) is 1. The highest BCUT2D eigenvalue weighted by Gasteiger charge is 2.14. The summed E-state index contributed by atoms with van der Waals surface area (Å²) in [5, 5.41) is 6.83. The molecule has 0 fully saturated rings. The molecule has 0 saturated heterocycles. The molecule has 0 aliphatic heterocycles. The lowest BCUT2D eigenvalue weighted by atomic mass is 10.2. The molecule has 1 aromatic carbocycles. The summed E-state index contributed by atoms with van der Waals surface area (Å²) in [4.78, 5) is 10.6. The monoisotopic (exact) mass is 264 g/mol. The molecule has 1 aromatic rings. The van der Waals surface area contributed by atoms with Gasteiger partial charge < -0.3 is 10.8 Å². The number of halogens is 1. The van der Waals surface area contributed by atoms with Crippen molar-refractivity contribution in [2.45, 2.75) is 0 Å². The quantitative estimate of drug-likeness (QED) is 0.462. The summed E-state index contributed by atoms with van der Waals surface area (Å²) < 4.78 is 0.910. The fraction of sp³-hybridized carbons (Fsp3) is 0. The minimum Gasteiger partial charge on any atom is -0.561 e. The first kappa shape index (κ1) is 8.32. The van der Waals surface area contributed by atoms with Gasteiger partial charge in [-0.2, -0.15) is 0 Å². The molecule has 1 rings (SSSR count). The van der Waals surface area contributed by atoms with Crippen molar-refractivity contribution >= 4 is 34.2 Å². The van der Waals surface area contributed by atoms with E-state index in [1.54, 1.807) is 18.2 Å². The van der Waals surface area contributed by atoms with Crippen LogP contribution in [0.2, 0.25) is 0 Å². The molecule has 0 aromatic heterocycles. The molecule has 0 atom stereocenters. The van der Waals surface area contributed by atoms with Crippen molar-refractivity contribution in [1.82, 2.24) is 0 Å². The predicted molar refractivity (Wildman–Crippen MR) is 51.5 cm³/mol. The van der Waals surface area contributed by atoms with Crippen LogP contribution in [-0.4, -0.2) is 11.1 Å². The molecule has 0 unspecified atom stereocenters. The van der Waals surface area contributed by atoms with Crippen molar-refractivity contribution in [2.75, 3.05) is 5.73 Å². The SMILES string of the molecule is Nc1ccc(I)cc1C(=O)[OH2+]. The molecule has 4 heteroatoms. The third-order valence-electron chi connectivity index (χ3n) is 1.26. The fourth-order valence-electron chi connectivity index (χ4n) is 0.725. The van der Waals surface area contributed by atoms with E-state index in [0.717, 1.165) is 3.57 Å². The van der Waals surface area contributed by atoms with E-state index in [4.69, 9.17) is 10.8 Å². The van der Waals surface area contributed by atoms with E-state index in [2.05, 4.69) is 22.6 Å². The lowest BCUT2D eigenvalue weighted by molar-refractivity contribution is 0.0698. The van der Waals surface area contributed by atoms with Crippen molar-refractivity contribution in [3.8, 4) is 0 Å². The third-order valence-corrected chi connectivity index (χ3v) is 1.93. The van der Waals surface area contributed by atoms with Crippen LogP contribution in [0.5, 0.6) is 0 Å². The van der Waals surface area contributed by atoms with Crippen LogP contribution in [0.3, 0.4) is 0 Å². The van der Waals surface area contributed by atoms with Gasteiger partial charge in [-0.05, 0) is 40.8 Å². The number of nitrogen functional groups attached to an aromatic ring is 1. The topological polar surface area (TPSA) is 66.0 Å². The minimum atomic E-state index is -0.735. The largest absolute Gasteiger partial charge is 0.561 e. The summed E-state index contributed by atoms with van der Waals surface area (Å²) in [5.41, 5.74) is 6.09. The van der Waals surface area contributed by atoms with E-state index in [0.29, 0.717) is 5.69 Å². The van der Waals surface area contributed by atoms with Gasteiger partial charge in [-0.3, -0.25) is 0 Å². The Bertz CT molecular complexity index is 298. The second-order valence-corrected chi connectivity index (χ2v) is 3.31. The van der Waals surface area contributed by atoms with Crippen molar-refractivity contribution in [2.24, 2.45) is 0 Å². The average Bonchev–Trinajstić information content (AvgIpc) is 1.94. The highest BCUT2D eigenvalue weighted by Crippen LogP contribution is 2.15. The first-order valence-electron chi connectivity index (χ1n) is 2.92. The zero-order valence-electron chi connectivity index (χ0n) is 5.60. The maximum atomic E-state index is 10.6. The van der Waals surface area contributed by atoms with Crippen LogP contribution in [0.15, 0.2) is 18.2 Å². The Morgan fingerprint density at radius 2 is 2.18 bits per heavy atom. The van der Waals surface area contributed by atoms with Crippen LogP contribution in [0.4, 0.5) is 5.69 Å². The van der Waals surface area contributed by atoms with E-state index < -0.39 is 5.97 Å². The van der Waals surface area contributed by atoms with Crippen LogP contribution in [0.1, 0.15) is 10.4 Å². The Morgan fingerprint density at radius 3 is 2.64 bits per heavy atom. The van der Waals surface area contributed by atoms with Gasteiger partial charge in [-0.1, -0.05) is 0 Å². The number of rotatable bonds is 1. The highest BCUT2D eigenvalue weighted by molar-refractivity contribution is 14.1. The molecular weight excluding hydrogens is 257 g/mol.